The summed E-state index contributed by atoms with van der Waals surface area (Å²) in [5.41, 5.74) is -0.236. The van der Waals surface area contributed by atoms with Gasteiger partial charge in [-0.3, -0.25) is 9.59 Å². The van der Waals surface area contributed by atoms with Crippen molar-refractivity contribution in [1.82, 2.24) is 0 Å². The number of hydrogen-bond donors (Lipinski definition) is 0. The maximum absolute atomic E-state index is 13.1. The minimum absolute atomic E-state index is 0.0133. The smallest absolute Gasteiger partial charge is 0.303 e. The molecule has 1 aliphatic heterocycles. The first-order chi connectivity index (χ1) is 8.70. The Bertz CT molecular complexity index is 571. The molecule has 1 aromatic carbocycles. The molecule has 1 aromatic rings. The average molecular weight is 340 g/mol. The molecule has 1 aliphatic rings. The number of carbonyl (C=O) groups excluding carboxylic acids is 2. The van der Waals surface area contributed by atoms with Crippen molar-refractivity contribution in [3.05, 3.63) is 28.0 Å². The minimum atomic E-state index is -4.45. The van der Waals surface area contributed by atoms with Crippen LogP contribution in [0.4, 0.5) is 23.2 Å². The number of hydrogen-bond acceptors (Lipinski definition) is 2. The largest absolute Gasteiger partial charge is 0.390 e. The van der Waals surface area contributed by atoms with Crippen LogP contribution in [-0.2, 0) is 4.79 Å². The van der Waals surface area contributed by atoms with E-state index < -0.39 is 36.6 Å². The minimum Gasteiger partial charge on any atom is -0.303 e. The van der Waals surface area contributed by atoms with Crippen LogP contribution in [0.5, 0.6) is 0 Å². The molecule has 0 spiro atoms. The zero-order valence-corrected chi connectivity index (χ0v) is 10.8. The van der Waals surface area contributed by atoms with E-state index in [2.05, 4.69) is 15.9 Å². The highest BCUT2D eigenvalue weighted by Gasteiger charge is 2.39. The Morgan fingerprint density at radius 1 is 1.21 bits per heavy atom. The monoisotopic (exact) mass is 339 g/mol. The summed E-state index contributed by atoms with van der Waals surface area (Å²) in [6, 6.07) is 1.83. The van der Waals surface area contributed by atoms with Gasteiger partial charge in [0.05, 0.1) is 17.7 Å². The van der Waals surface area contributed by atoms with Crippen molar-refractivity contribution < 1.29 is 27.2 Å². The second kappa shape index (κ2) is 4.59. The zero-order chi connectivity index (χ0) is 14.4. The van der Waals surface area contributed by atoms with Gasteiger partial charge < -0.3 is 4.90 Å². The topological polar surface area (TPSA) is 37.4 Å². The molecule has 0 saturated carbocycles. The number of nitrogens with zero attached hydrogens (tertiary/aromatic N) is 1. The van der Waals surface area contributed by atoms with Gasteiger partial charge in [-0.15, -0.1) is 0 Å². The molecule has 19 heavy (non-hydrogen) atoms. The van der Waals surface area contributed by atoms with Crippen LogP contribution in [0.3, 0.4) is 0 Å². The Kier molecular flexibility index (Phi) is 3.38. The molecular formula is C11H6BrF4NO2. The van der Waals surface area contributed by atoms with Gasteiger partial charge in [-0.2, -0.15) is 13.2 Å². The third-order valence-electron chi connectivity index (χ3n) is 2.60. The van der Waals surface area contributed by atoms with Gasteiger partial charge in [0.15, 0.2) is 0 Å². The Hall–Kier alpha value is -1.44. The van der Waals surface area contributed by atoms with Crippen LogP contribution in [0.2, 0.25) is 0 Å². The molecule has 0 unspecified atom stereocenters. The number of Topliss-reactive ketones (excluding diaryl/α,β-unsaturated/α-hetero) is 1. The maximum Gasteiger partial charge on any atom is 0.390 e. The number of rotatable bonds is 2. The molecule has 0 aliphatic carbocycles. The Labute approximate surface area is 113 Å². The molecular weight excluding hydrogens is 334 g/mol. The summed E-state index contributed by atoms with van der Waals surface area (Å²) in [7, 11) is 0. The van der Waals surface area contributed by atoms with Crippen molar-refractivity contribution in [2.45, 2.75) is 12.6 Å². The standard InChI is InChI=1S/C11H6BrF4NO2/c12-7-4-5(13)3-6-8(7)17(10(19)9(6)18)2-1-11(14,15)16/h3-4H,1-2H2. The number of amides is 1. The number of alkyl halides is 3. The van der Waals surface area contributed by atoms with Gasteiger partial charge in [0, 0.05) is 11.0 Å². The van der Waals surface area contributed by atoms with Gasteiger partial charge in [-0.25, -0.2) is 4.39 Å². The Balaban J connectivity index is 2.39. The molecule has 1 heterocycles. The lowest BCUT2D eigenvalue weighted by Crippen LogP contribution is -2.33. The molecule has 0 radical (unpaired) electrons. The summed E-state index contributed by atoms with van der Waals surface area (Å²) in [5, 5.41) is 0. The van der Waals surface area contributed by atoms with Crippen LogP contribution in [0.15, 0.2) is 16.6 Å². The van der Waals surface area contributed by atoms with Gasteiger partial charge in [0.2, 0.25) is 0 Å². The van der Waals surface area contributed by atoms with Crippen LogP contribution < -0.4 is 4.90 Å². The normalized spacial score (nSPS) is 15.1. The van der Waals surface area contributed by atoms with Crippen LogP contribution >= 0.6 is 15.9 Å². The molecule has 0 N–H and O–H groups in total. The Morgan fingerprint density at radius 2 is 1.84 bits per heavy atom. The first-order valence-corrected chi connectivity index (χ1v) is 5.92. The van der Waals surface area contributed by atoms with Crippen molar-refractivity contribution in [3.8, 4) is 0 Å². The number of fused-ring (bicyclic) bond motifs is 1. The highest BCUT2D eigenvalue weighted by molar-refractivity contribution is 9.10. The van der Waals surface area contributed by atoms with Crippen LogP contribution in [0, 0.1) is 5.82 Å². The predicted molar refractivity (Wildman–Crippen MR) is 61.5 cm³/mol. The van der Waals surface area contributed by atoms with Crippen molar-refractivity contribution in [2.24, 2.45) is 0 Å². The summed E-state index contributed by atoms with van der Waals surface area (Å²) >= 11 is 2.95. The molecule has 0 atom stereocenters. The SMILES string of the molecule is O=C1C(=O)N(CCC(F)(F)F)c2c(Br)cc(F)cc21. The lowest BCUT2D eigenvalue weighted by molar-refractivity contribution is -0.133. The maximum atomic E-state index is 13.1. The van der Waals surface area contributed by atoms with E-state index in [0.29, 0.717) is 4.90 Å². The summed E-state index contributed by atoms with van der Waals surface area (Å²) in [6.07, 6.45) is -5.69. The third-order valence-corrected chi connectivity index (χ3v) is 3.21. The van der Waals surface area contributed by atoms with Gasteiger partial charge in [0.25, 0.3) is 11.7 Å². The van der Waals surface area contributed by atoms with E-state index in [9.17, 15) is 27.2 Å². The van der Waals surface area contributed by atoms with E-state index in [1.165, 1.54) is 0 Å². The second-order valence-corrected chi connectivity index (χ2v) is 4.79. The van der Waals surface area contributed by atoms with E-state index in [-0.39, 0.29) is 15.7 Å². The molecule has 2 rings (SSSR count). The molecule has 0 fully saturated rings. The van der Waals surface area contributed by atoms with Crippen molar-refractivity contribution in [3.63, 3.8) is 0 Å². The van der Waals surface area contributed by atoms with Crippen molar-refractivity contribution in [2.75, 3.05) is 11.4 Å². The second-order valence-electron chi connectivity index (χ2n) is 3.93. The van der Waals surface area contributed by atoms with Gasteiger partial charge in [0.1, 0.15) is 5.82 Å². The summed E-state index contributed by atoms with van der Waals surface area (Å²) in [5.74, 6) is -2.83. The quantitative estimate of drug-likeness (QED) is 0.613. The van der Waals surface area contributed by atoms with Crippen LogP contribution in [0.25, 0.3) is 0 Å². The number of ketones is 1. The first-order valence-electron chi connectivity index (χ1n) is 5.12. The van der Waals surface area contributed by atoms with Gasteiger partial charge in [-0.1, -0.05) is 0 Å². The van der Waals surface area contributed by atoms with Gasteiger partial charge in [-0.05, 0) is 28.1 Å². The molecule has 0 saturated heterocycles. The van der Waals surface area contributed by atoms with E-state index in [0.717, 1.165) is 12.1 Å². The summed E-state index contributed by atoms with van der Waals surface area (Å²) < 4.78 is 49.7. The fraction of sp³-hybridized carbons (Fsp3) is 0.273. The van der Waals surface area contributed by atoms with E-state index in [1.54, 1.807) is 0 Å². The van der Waals surface area contributed by atoms with E-state index >= 15 is 0 Å². The predicted octanol–water partition coefficient (Wildman–Crippen LogP) is 3.07. The Morgan fingerprint density at radius 3 is 2.42 bits per heavy atom. The van der Waals surface area contributed by atoms with Crippen LogP contribution in [-0.4, -0.2) is 24.4 Å². The molecule has 1 amide bonds. The number of benzene rings is 1. The van der Waals surface area contributed by atoms with E-state index in [1.807, 2.05) is 0 Å². The third kappa shape index (κ3) is 2.63. The van der Waals surface area contributed by atoms with E-state index in [4.69, 9.17) is 0 Å². The van der Waals surface area contributed by atoms with Gasteiger partial charge >= 0.3 is 6.18 Å². The zero-order valence-electron chi connectivity index (χ0n) is 9.22. The first kappa shape index (κ1) is 14.0. The summed E-state index contributed by atoms with van der Waals surface area (Å²) in [4.78, 5) is 23.9. The molecule has 3 nitrogen and oxygen atoms in total. The lowest BCUT2D eigenvalue weighted by atomic mass is 10.1. The average Bonchev–Trinajstić information content (AvgIpc) is 2.50. The number of halogens is 5. The summed E-state index contributed by atoms with van der Waals surface area (Å²) in [6.45, 7) is -0.675. The lowest BCUT2D eigenvalue weighted by Gasteiger charge is -2.18. The van der Waals surface area contributed by atoms with Crippen LogP contribution in [0.1, 0.15) is 16.8 Å². The highest BCUT2D eigenvalue weighted by Crippen LogP contribution is 2.37. The molecule has 0 bridgehead atoms. The number of carbonyl (C=O) groups is 2. The molecule has 102 valence electrons. The van der Waals surface area contributed by atoms with Crippen molar-refractivity contribution in [1.29, 1.82) is 0 Å². The van der Waals surface area contributed by atoms with Crippen molar-refractivity contribution >= 4 is 33.3 Å². The fourth-order valence-electron chi connectivity index (χ4n) is 1.80. The molecule has 0 aromatic heterocycles. The highest BCUT2D eigenvalue weighted by atomic mass is 79.9. The number of anilines is 1. The fourth-order valence-corrected chi connectivity index (χ4v) is 2.45. The molecule has 8 heteroatoms.